The minimum Gasteiger partial charge on any atom is -0.493 e. The maximum atomic E-state index is 8.38. The molecule has 0 fully saturated rings. The Hall–Kier alpha value is -2.18. The number of halogens is 1. The van der Waals surface area contributed by atoms with Crippen molar-refractivity contribution < 1.29 is 9.15 Å². The van der Waals surface area contributed by atoms with E-state index in [-0.39, 0.29) is 0 Å². The number of nitriles is 1. The molecule has 0 radical (unpaired) electrons. The predicted molar refractivity (Wildman–Crippen MR) is 71.3 cm³/mol. The number of furan rings is 1. The van der Waals surface area contributed by atoms with Gasteiger partial charge in [0.1, 0.15) is 5.76 Å². The summed E-state index contributed by atoms with van der Waals surface area (Å²) in [6, 6.07) is 9.34. The first-order chi connectivity index (χ1) is 8.76. The number of ether oxygens (including phenoxy) is 1. The molecule has 0 aliphatic rings. The van der Waals surface area contributed by atoms with Crippen LogP contribution in [0.3, 0.4) is 0 Å². The molecule has 0 saturated carbocycles. The SMILES string of the molecule is COc1cccc2cc(/C(Cl)=C/C=C/C#N)oc12. The van der Waals surface area contributed by atoms with Crippen molar-refractivity contribution in [3.05, 3.63) is 48.3 Å². The Morgan fingerprint density at radius 1 is 1.50 bits per heavy atom. The van der Waals surface area contributed by atoms with Gasteiger partial charge in [-0.1, -0.05) is 29.8 Å². The number of hydrogen-bond donors (Lipinski definition) is 0. The number of para-hydroxylation sites is 1. The monoisotopic (exact) mass is 259 g/mol. The fourth-order valence-corrected chi connectivity index (χ4v) is 1.74. The Morgan fingerprint density at radius 2 is 2.33 bits per heavy atom. The molecule has 1 aromatic carbocycles. The van der Waals surface area contributed by atoms with Gasteiger partial charge in [-0.15, -0.1) is 0 Å². The lowest BCUT2D eigenvalue weighted by atomic mass is 10.2. The van der Waals surface area contributed by atoms with Gasteiger partial charge in [0, 0.05) is 11.5 Å². The van der Waals surface area contributed by atoms with Crippen molar-refractivity contribution in [3.63, 3.8) is 0 Å². The number of methoxy groups -OCH3 is 1. The Morgan fingerprint density at radius 3 is 3.06 bits per heavy atom. The first-order valence-corrected chi connectivity index (χ1v) is 5.63. The lowest BCUT2D eigenvalue weighted by Gasteiger charge is -1.98. The van der Waals surface area contributed by atoms with Crippen LogP contribution in [-0.4, -0.2) is 7.11 Å². The molecule has 0 bridgehead atoms. The van der Waals surface area contributed by atoms with Crippen LogP contribution in [0.25, 0.3) is 16.0 Å². The van der Waals surface area contributed by atoms with E-state index in [2.05, 4.69) is 0 Å². The van der Waals surface area contributed by atoms with E-state index in [1.165, 1.54) is 6.08 Å². The number of benzene rings is 1. The van der Waals surface area contributed by atoms with Gasteiger partial charge in [0.15, 0.2) is 11.3 Å². The summed E-state index contributed by atoms with van der Waals surface area (Å²) in [7, 11) is 1.59. The first kappa shape index (κ1) is 12.3. The summed E-state index contributed by atoms with van der Waals surface area (Å²) in [5.41, 5.74) is 0.658. The molecule has 90 valence electrons. The maximum Gasteiger partial charge on any atom is 0.176 e. The lowest BCUT2D eigenvalue weighted by molar-refractivity contribution is 0.410. The molecule has 0 saturated heterocycles. The van der Waals surface area contributed by atoms with E-state index in [0.29, 0.717) is 22.1 Å². The van der Waals surface area contributed by atoms with Gasteiger partial charge in [-0.25, -0.2) is 0 Å². The van der Waals surface area contributed by atoms with Crippen molar-refractivity contribution in [2.45, 2.75) is 0 Å². The molecule has 1 heterocycles. The summed E-state index contributed by atoms with van der Waals surface area (Å²) in [6.45, 7) is 0. The minimum absolute atomic E-state index is 0.430. The highest BCUT2D eigenvalue weighted by Gasteiger charge is 2.10. The third-order valence-electron chi connectivity index (χ3n) is 2.38. The fourth-order valence-electron chi connectivity index (χ4n) is 1.57. The van der Waals surface area contributed by atoms with Crippen molar-refractivity contribution >= 4 is 27.6 Å². The van der Waals surface area contributed by atoms with E-state index in [1.54, 1.807) is 19.3 Å². The molecule has 0 aliphatic carbocycles. The summed E-state index contributed by atoms with van der Waals surface area (Å²) in [6.07, 6.45) is 4.51. The second kappa shape index (κ2) is 5.44. The van der Waals surface area contributed by atoms with Crippen molar-refractivity contribution in [1.29, 1.82) is 5.26 Å². The smallest absolute Gasteiger partial charge is 0.176 e. The zero-order valence-electron chi connectivity index (χ0n) is 9.68. The Balaban J connectivity index is 2.45. The molecule has 0 aliphatic heterocycles. The number of rotatable bonds is 3. The predicted octanol–water partition coefficient (Wildman–Crippen LogP) is 4.10. The van der Waals surface area contributed by atoms with Gasteiger partial charge in [0.2, 0.25) is 0 Å². The van der Waals surface area contributed by atoms with Crippen LogP contribution in [0.15, 0.2) is 46.9 Å². The highest BCUT2D eigenvalue weighted by molar-refractivity contribution is 6.48. The van der Waals surface area contributed by atoms with Crippen LogP contribution < -0.4 is 4.74 Å². The van der Waals surface area contributed by atoms with Crippen LogP contribution in [-0.2, 0) is 0 Å². The molecule has 0 atom stereocenters. The Labute approximate surface area is 110 Å². The van der Waals surface area contributed by atoms with Gasteiger partial charge >= 0.3 is 0 Å². The van der Waals surface area contributed by atoms with E-state index < -0.39 is 0 Å². The van der Waals surface area contributed by atoms with Gasteiger partial charge in [-0.05, 0) is 18.2 Å². The fraction of sp³-hybridized carbons (Fsp3) is 0.0714. The van der Waals surface area contributed by atoms with Crippen LogP contribution in [0.4, 0.5) is 0 Å². The van der Waals surface area contributed by atoms with Gasteiger partial charge in [0.05, 0.1) is 18.2 Å². The average molecular weight is 260 g/mol. The molecular weight excluding hydrogens is 250 g/mol. The molecule has 3 nitrogen and oxygen atoms in total. The Bertz CT molecular complexity index is 662. The third-order valence-corrected chi connectivity index (χ3v) is 2.69. The number of nitrogens with zero attached hydrogens (tertiary/aromatic N) is 1. The molecule has 0 spiro atoms. The van der Waals surface area contributed by atoms with E-state index in [9.17, 15) is 0 Å². The third kappa shape index (κ3) is 2.39. The molecule has 4 heteroatoms. The highest BCUT2D eigenvalue weighted by Crippen LogP contribution is 2.32. The molecule has 2 rings (SSSR count). The number of allylic oxidation sites excluding steroid dienone is 3. The quantitative estimate of drug-likeness (QED) is 0.616. The van der Waals surface area contributed by atoms with Gasteiger partial charge in [-0.3, -0.25) is 0 Å². The second-order valence-corrected chi connectivity index (χ2v) is 3.90. The second-order valence-electron chi connectivity index (χ2n) is 3.49. The van der Waals surface area contributed by atoms with Gasteiger partial charge < -0.3 is 9.15 Å². The molecule has 0 amide bonds. The molecule has 2 aromatic rings. The minimum atomic E-state index is 0.430. The molecule has 18 heavy (non-hydrogen) atoms. The molecule has 0 unspecified atom stereocenters. The maximum absolute atomic E-state index is 8.38. The largest absolute Gasteiger partial charge is 0.493 e. The lowest BCUT2D eigenvalue weighted by Crippen LogP contribution is -1.81. The zero-order chi connectivity index (χ0) is 13.0. The van der Waals surface area contributed by atoms with Crippen molar-refractivity contribution in [3.8, 4) is 11.8 Å². The van der Waals surface area contributed by atoms with Crippen molar-refractivity contribution in [1.82, 2.24) is 0 Å². The van der Waals surface area contributed by atoms with Crippen LogP contribution in [0.5, 0.6) is 5.75 Å². The van der Waals surface area contributed by atoms with Gasteiger partial charge in [-0.2, -0.15) is 5.26 Å². The zero-order valence-corrected chi connectivity index (χ0v) is 10.4. The topological polar surface area (TPSA) is 46.2 Å². The van der Waals surface area contributed by atoms with E-state index in [1.807, 2.05) is 30.3 Å². The normalized spacial score (nSPS) is 11.9. The standard InChI is InChI=1S/C14H10ClNO2/c1-17-12-7-4-5-10-9-13(18-14(10)12)11(15)6-2-3-8-16/h2-7,9H,1H3/b3-2+,11-6-. The van der Waals surface area contributed by atoms with Gasteiger partial charge in [0.25, 0.3) is 0 Å². The summed E-state index contributed by atoms with van der Waals surface area (Å²) in [5, 5.41) is 9.73. The van der Waals surface area contributed by atoms with Crippen LogP contribution in [0.2, 0.25) is 0 Å². The molecule has 1 aromatic heterocycles. The molecular formula is C14H10ClNO2. The summed E-state index contributed by atoms with van der Waals surface area (Å²) in [4.78, 5) is 0. The molecule has 0 N–H and O–H groups in total. The first-order valence-electron chi connectivity index (χ1n) is 5.25. The summed E-state index contributed by atoms with van der Waals surface area (Å²) < 4.78 is 10.8. The summed E-state index contributed by atoms with van der Waals surface area (Å²) >= 11 is 6.07. The van der Waals surface area contributed by atoms with E-state index >= 15 is 0 Å². The number of hydrogen-bond acceptors (Lipinski definition) is 3. The van der Waals surface area contributed by atoms with E-state index in [0.717, 1.165) is 5.39 Å². The van der Waals surface area contributed by atoms with Crippen LogP contribution in [0.1, 0.15) is 5.76 Å². The van der Waals surface area contributed by atoms with Crippen LogP contribution in [0, 0.1) is 11.3 Å². The average Bonchev–Trinajstić information content (AvgIpc) is 2.82. The summed E-state index contributed by atoms with van der Waals surface area (Å²) in [5.74, 6) is 1.20. The van der Waals surface area contributed by atoms with Crippen molar-refractivity contribution in [2.24, 2.45) is 0 Å². The van der Waals surface area contributed by atoms with Crippen molar-refractivity contribution in [2.75, 3.05) is 7.11 Å². The number of fused-ring (bicyclic) bond motifs is 1. The van der Waals surface area contributed by atoms with E-state index in [4.69, 9.17) is 26.0 Å². The van der Waals surface area contributed by atoms with Crippen LogP contribution >= 0.6 is 11.6 Å². The Kier molecular flexibility index (Phi) is 3.71. The highest BCUT2D eigenvalue weighted by atomic mass is 35.5.